The highest BCUT2D eigenvalue weighted by Gasteiger charge is 2.21. The maximum absolute atomic E-state index is 11.5. The normalized spacial score (nSPS) is 18.5. The standard InChI is InChI=1S/C14H15NO2S2/c1-3-9(2)17-11-6-4-10(5-7-11)8-12-13(16)15-14(18)19-12/h4-9H,3H2,1-2H3,(H,15,16,18)/b12-8+/t9-/m1/s1. The van der Waals surface area contributed by atoms with Crippen molar-refractivity contribution >= 4 is 40.3 Å². The van der Waals surface area contributed by atoms with E-state index in [1.54, 1.807) is 0 Å². The van der Waals surface area contributed by atoms with Crippen molar-refractivity contribution in [2.75, 3.05) is 0 Å². The minimum absolute atomic E-state index is 0.130. The molecule has 0 unspecified atom stereocenters. The lowest BCUT2D eigenvalue weighted by atomic mass is 10.2. The second kappa shape index (κ2) is 6.21. The fourth-order valence-electron chi connectivity index (χ4n) is 1.53. The lowest BCUT2D eigenvalue weighted by molar-refractivity contribution is -0.115. The summed E-state index contributed by atoms with van der Waals surface area (Å²) in [5.74, 6) is 0.713. The van der Waals surface area contributed by atoms with Crippen LogP contribution in [0.15, 0.2) is 29.2 Å². The molecule has 0 bridgehead atoms. The first-order valence-corrected chi connectivity index (χ1v) is 7.32. The highest BCUT2D eigenvalue weighted by atomic mass is 32.2. The summed E-state index contributed by atoms with van der Waals surface area (Å²) in [4.78, 5) is 12.2. The molecule has 2 rings (SSSR count). The molecule has 1 saturated heterocycles. The Labute approximate surface area is 122 Å². The van der Waals surface area contributed by atoms with Crippen LogP contribution >= 0.6 is 24.0 Å². The molecule has 0 spiro atoms. The van der Waals surface area contributed by atoms with E-state index in [4.69, 9.17) is 17.0 Å². The van der Waals surface area contributed by atoms with Crippen LogP contribution in [0.2, 0.25) is 0 Å². The second-order valence-electron chi connectivity index (χ2n) is 4.26. The summed E-state index contributed by atoms with van der Waals surface area (Å²) in [7, 11) is 0. The molecule has 1 aromatic rings. The van der Waals surface area contributed by atoms with Gasteiger partial charge in [-0.05, 0) is 37.1 Å². The molecule has 1 fully saturated rings. The molecular weight excluding hydrogens is 278 g/mol. The van der Waals surface area contributed by atoms with Crippen LogP contribution in [-0.4, -0.2) is 16.3 Å². The molecule has 0 radical (unpaired) electrons. The maximum atomic E-state index is 11.5. The van der Waals surface area contributed by atoms with Crippen molar-refractivity contribution in [3.8, 4) is 5.75 Å². The fourth-order valence-corrected chi connectivity index (χ4v) is 2.57. The van der Waals surface area contributed by atoms with Gasteiger partial charge in [-0.1, -0.05) is 43.0 Å². The van der Waals surface area contributed by atoms with E-state index in [1.165, 1.54) is 11.8 Å². The number of carbonyl (C=O) groups is 1. The Balaban J connectivity index is 2.09. The summed E-state index contributed by atoms with van der Waals surface area (Å²) in [5, 5.41) is 2.59. The van der Waals surface area contributed by atoms with Gasteiger partial charge in [-0.2, -0.15) is 0 Å². The highest BCUT2D eigenvalue weighted by Crippen LogP contribution is 2.26. The first-order chi connectivity index (χ1) is 9.08. The van der Waals surface area contributed by atoms with Crippen LogP contribution in [0.1, 0.15) is 25.8 Å². The molecule has 0 aliphatic carbocycles. The Bertz CT molecular complexity index is 523. The summed E-state index contributed by atoms with van der Waals surface area (Å²) in [6.07, 6.45) is 3.00. The van der Waals surface area contributed by atoms with Gasteiger partial charge < -0.3 is 10.1 Å². The Kier molecular flexibility index (Phi) is 4.61. The van der Waals surface area contributed by atoms with E-state index in [2.05, 4.69) is 12.2 Å². The Hall–Kier alpha value is -1.33. The van der Waals surface area contributed by atoms with Crippen molar-refractivity contribution in [2.45, 2.75) is 26.4 Å². The lowest BCUT2D eigenvalue weighted by Gasteiger charge is -2.12. The molecule has 1 amide bonds. The monoisotopic (exact) mass is 293 g/mol. The predicted octanol–water partition coefficient (Wildman–Crippen LogP) is 3.35. The summed E-state index contributed by atoms with van der Waals surface area (Å²) >= 11 is 6.23. The topological polar surface area (TPSA) is 38.3 Å². The van der Waals surface area contributed by atoms with E-state index < -0.39 is 0 Å². The highest BCUT2D eigenvalue weighted by molar-refractivity contribution is 8.26. The molecule has 1 atom stereocenters. The van der Waals surface area contributed by atoms with Crippen LogP contribution in [0, 0.1) is 0 Å². The number of hydrogen-bond acceptors (Lipinski definition) is 4. The van der Waals surface area contributed by atoms with E-state index >= 15 is 0 Å². The van der Waals surface area contributed by atoms with Gasteiger partial charge >= 0.3 is 0 Å². The summed E-state index contributed by atoms with van der Waals surface area (Å²) in [5.41, 5.74) is 0.957. The number of thioether (sulfide) groups is 1. The third kappa shape index (κ3) is 3.81. The minimum Gasteiger partial charge on any atom is -0.491 e. The predicted molar refractivity (Wildman–Crippen MR) is 83.1 cm³/mol. The maximum Gasteiger partial charge on any atom is 0.263 e. The lowest BCUT2D eigenvalue weighted by Crippen LogP contribution is -2.17. The second-order valence-corrected chi connectivity index (χ2v) is 5.98. The van der Waals surface area contributed by atoms with E-state index in [0.29, 0.717) is 9.23 Å². The van der Waals surface area contributed by atoms with Crippen LogP contribution in [0.5, 0.6) is 5.75 Å². The third-order valence-corrected chi connectivity index (χ3v) is 3.89. The molecule has 0 saturated carbocycles. The molecular formula is C14H15NO2S2. The number of hydrogen-bond donors (Lipinski definition) is 1. The van der Waals surface area contributed by atoms with E-state index in [-0.39, 0.29) is 12.0 Å². The molecule has 1 heterocycles. The molecule has 0 aromatic heterocycles. The van der Waals surface area contributed by atoms with Gasteiger partial charge in [0.1, 0.15) is 10.1 Å². The van der Waals surface area contributed by atoms with Crippen molar-refractivity contribution in [1.29, 1.82) is 0 Å². The van der Waals surface area contributed by atoms with E-state index in [1.807, 2.05) is 37.3 Å². The van der Waals surface area contributed by atoms with Crippen LogP contribution in [0.25, 0.3) is 6.08 Å². The van der Waals surface area contributed by atoms with Crippen molar-refractivity contribution < 1.29 is 9.53 Å². The quantitative estimate of drug-likeness (QED) is 0.682. The van der Waals surface area contributed by atoms with Crippen LogP contribution in [-0.2, 0) is 4.79 Å². The van der Waals surface area contributed by atoms with Gasteiger partial charge in [-0.25, -0.2) is 0 Å². The Morgan fingerprint density at radius 3 is 2.63 bits per heavy atom. The minimum atomic E-state index is -0.130. The van der Waals surface area contributed by atoms with Gasteiger partial charge in [0.25, 0.3) is 5.91 Å². The van der Waals surface area contributed by atoms with Gasteiger partial charge in [0.05, 0.1) is 11.0 Å². The van der Waals surface area contributed by atoms with Gasteiger partial charge in [0.15, 0.2) is 0 Å². The van der Waals surface area contributed by atoms with Crippen LogP contribution in [0.4, 0.5) is 0 Å². The molecule has 5 heteroatoms. The molecule has 3 nitrogen and oxygen atoms in total. The average molecular weight is 293 g/mol. The van der Waals surface area contributed by atoms with Crippen molar-refractivity contribution in [1.82, 2.24) is 5.32 Å². The first kappa shape index (κ1) is 14.1. The largest absolute Gasteiger partial charge is 0.491 e. The third-order valence-electron chi connectivity index (χ3n) is 2.73. The average Bonchev–Trinajstić information content (AvgIpc) is 2.70. The van der Waals surface area contributed by atoms with Crippen LogP contribution in [0.3, 0.4) is 0 Å². The molecule has 1 N–H and O–H groups in total. The molecule has 1 aliphatic heterocycles. The number of nitrogens with one attached hydrogen (secondary N) is 1. The number of benzene rings is 1. The van der Waals surface area contributed by atoms with E-state index in [9.17, 15) is 4.79 Å². The summed E-state index contributed by atoms with van der Waals surface area (Å²) in [6, 6.07) is 7.68. The van der Waals surface area contributed by atoms with Crippen LogP contribution < -0.4 is 10.1 Å². The van der Waals surface area contributed by atoms with Gasteiger partial charge in [0, 0.05) is 0 Å². The zero-order chi connectivity index (χ0) is 13.8. The first-order valence-electron chi connectivity index (χ1n) is 6.10. The number of ether oxygens (including phenoxy) is 1. The molecule has 1 aromatic carbocycles. The van der Waals surface area contributed by atoms with Gasteiger partial charge in [-0.15, -0.1) is 0 Å². The SMILES string of the molecule is CC[C@@H](C)Oc1ccc(/C=C2/SC(=S)NC2=O)cc1. The molecule has 1 aliphatic rings. The fraction of sp³-hybridized carbons (Fsp3) is 0.286. The number of amides is 1. The molecule has 100 valence electrons. The van der Waals surface area contributed by atoms with Crippen molar-refractivity contribution in [2.24, 2.45) is 0 Å². The van der Waals surface area contributed by atoms with E-state index in [0.717, 1.165) is 17.7 Å². The van der Waals surface area contributed by atoms with Gasteiger partial charge in [0.2, 0.25) is 0 Å². The smallest absolute Gasteiger partial charge is 0.263 e. The Morgan fingerprint density at radius 1 is 1.42 bits per heavy atom. The van der Waals surface area contributed by atoms with Crippen molar-refractivity contribution in [3.63, 3.8) is 0 Å². The number of carbonyl (C=O) groups excluding carboxylic acids is 1. The Morgan fingerprint density at radius 2 is 2.11 bits per heavy atom. The van der Waals surface area contributed by atoms with Crippen molar-refractivity contribution in [3.05, 3.63) is 34.7 Å². The zero-order valence-electron chi connectivity index (χ0n) is 10.8. The zero-order valence-corrected chi connectivity index (χ0v) is 12.4. The number of thiocarbonyl (C=S) groups is 1. The summed E-state index contributed by atoms with van der Waals surface area (Å²) in [6.45, 7) is 4.12. The molecule has 19 heavy (non-hydrogen) atoms. The summed E-state index contributed by atoms with van der Waals surface area (Å²) < 4.78 is 6.21. The van der Waals surface area contributed by atoms with Gasteiger partial charge in [-0.3, -0.25) is 4.79 Å². The number of rotatable bonds is 4.